The Balaban J connectivity index is 1.46. The molecule has 156 valence electrons. The summed E-state index contributed by atoms with van der Waals surface area (Å²) in [6.07, 6.45) is 4.43. The number of hydrogen-bond donors (Lipinski definition) is 2. The van der Waals surface area contributed by atoms with E-state index in [0.717, 1.165) is 16.8 Å². The van der Waals surface area contributed by atoms with Crippen molar-refractivity contribution in [1.29, 1.82) is 0 Å². The molecule has 9 heteroatoms. The van der Waals surface area contributed by atoms with Gasteiger partial charge in [0, 0.05) is 30.0 Å². The van der Waals surface area contributed by atoms with Gasteiger partial charge in [-0.15, -0.1) is 11.3 Å². The zero-order valence-corrected chi connectivity index (χ0v) is 17.6. The van der Waals surface area contributed by atoms with Gasteiger partial charge in [-0.3, -0.25) is 4.79 Å². The van der Waals surface area contributed by atoms with E-state index in [0.29, 0.717) is 36.2 Å². The summed E-state index contributed by atoms with van der Waals surface area (Å²) in [5, 5.41) is 13.2. The molecule has 0 fully saturated rings. The molecular weight excluding hydrogens is 424 g/mol. The van der Waals surface area contributed by atoms with Crippen LogP contribution >= 0.6 is 11.3 Å². The number of carbonyl (C=O) groups excluding carboxylic acids is 1. The van der Waals surface area contributed by atoms with Crippen LogP contribution in [0.1, 0.15) is 28.0 Å². The monoisotopic (exact) mass is 444 g/mol. The van der Waals surface area contributed by atoms with Crippen LogP contribution in [0.5, 0.6) is 0 Å². The molecule has 1 amide bonds. The van der Waals surface area contributed by atoms with Crippen molar-refractivity contribution in [1.82, 2.24) is 4.72 Å². The fraction of sp³-hybridized carbons (Fsp3) is 0.286. The van der Waals surface area contributed by atoms with Crippen molar-refractivity contribution in [2.75, 3.05) is 18.0 Å². The van der Waals surface area contributed by atoms with Crippen LogP contribution in [0.2, 0.25) is 0 Å². The van der Waals surface area contributed by atoms with E-state index < -0.39 is 15.6 Å². The molecule has 0 saturated carbocycles. The van der Waals surface area contributed by atoms with E-state index in [4.69, 9.17) is 4.42 Å². The number of sulfonamides is 1. The van der Waals surface area contributed by atoms with Crippen LogP contribution in [0.25, 0.3) is 0 Å². The molecule has 2 aromatic heterocycles. The Morgan fingerprint density at radius 2 is 2.00 bits per heavy atom. The minimum absolute atomic E-state index is 0.0936. The number of nitrogens with one attached hydrogen (secondary N) is 1. The van der Waals surface area contributed by atoms with Crippen molar-refractivity contribution >= 4 is 33.0 Å². The molecule has 2 aliphatic heterocycles. The molecule has 2 aliphatic rings. The number of anilines is 1. The molecule has 0 unspecified atom stereocenters. The number of carbonyl (C=O) groups is 1. The molecular formula is C21H20N2O5S2. The van der Waals surface area contributed by atoms with Crippen LogP contribution in [0.3, 0.4) is 0 Å². The molecule has 3 aromatic rings. The molecule has 0 spiro atoms. The minimum atomic E-state index is -3.88. The number of hydrogen-bond acceptors (Lipinski definition) is 6. The van der Waals surface area contributed by atoms with Gasteiger partial charge in [-0.05, 0) is 53.6 Å². The second-order valence-electron chi connectivity index (χ2n) is 7.56. The standard InChI is InChI=1S/C21H20N2O5S2/c24-19-4-3-14-10-17(11-15-5-7-23(19)20(14)15)30(26,27)22-13-21(25,16-6-8-28-12-16)18-2-1-9-29-18/h1-2,6,8-12,22,25H,3-5,7,13H2/t21-/m0/s1. The second kappa shape index (κ2) is 7.05. The van der Waals surface area contributed by atoms with Crippen LogP contribution < -0.4 is 9.62 Å². The molecule has 7 nitrogen and oxygen atoms in total. The first kappa shape index (κ1) is 19.5. The number of rotatable bonds is 6. The highest BCUT2D eigenvalue weighted by Crippen LogP contribution is 2.39. The molecule has 0 radical (unpaired) electrons. The fourth-order valence-electron chi connectivity index (χ4n) is 4.21. The van der Waals surface area contributed by atoms with Gasteiger partial charge in [0.15, 0.2) is 0 Å². The lowest BCUT2D eigenvalue weighted by Crippen LogP contribution is -2.41. The molecule has 0 aliphatic carbocycles. The van der Waals surface area contributed by atoms with Gasteiger partial charge in [0.2, 0.25) is 15.9 Å². The van der Waals surface area contributed by atoms with Crippen molar-refractivity contribution in [3.63, 3.8) is 0 Å². The summed E-state index contributed by atoms with van der Waals surface area (Å²) in [7, 11) is -3.88. The van der Waals surface area contributed by atoms with Crippen LogP contribution in [0, 0.1) is 0 Å². The Morgan fingerprint density at radius 1 is 1.20 bits per heavy atom. The summed E-state index contributed by atoms with van der Waals surface area (Å²) >= 11 is 1.34. The van der Waals surface area contributed by atoms with Crippen molar-refractivity contribution in [2.24, 2.45) is 0 Å². The number of benzene rings is 1. The average molecular weight is 445 g/mol. The maximum atomic E-state index is 13.1. The van der Waals surface area contributed by atoms with Crippen molar-refractivity contribution in [2.45, 2.75) is 29.8 Å². The van der Waals surface area contributed by atoms with Crippen LogP contribution in [-0.2, 0) is 33.3 Å². The van der Waals surface area contributed by atoms with Gasteiger partial charge in [-0.25, -0.2) is 13.1 Å². The first-order valence-electron chi connectivity index (χ1n) is 9.63. The third-order valence-corrected chi connectivity index (χ3v) is 8.18. The van der Waals surface area contributed by atoms with Gasteiger partial charge in [-0.2, -0.15) is 0 Å². The summed E-state index contributed by atoms with van der Waals surface area (Å²) in [4.78, 5) is 14.6. The van der Waals surface area contributed by atoms with E-state index >= 15 is 0 Å². The Bertz CT molecular complexity index is 1170. The molecule has 1 atom stereocenters. The van der Waals surface area contributed by atoms with Gasteiger partial charge >= 0.3 is 0 Å². The topological polar surface area (TPSA) is 99.8 Å². The van der Waals surface area contributed by atoms with Crippen LogP contribution in [-0.4, -0.2) is 32.5 Å². The number of thiophene rings is 1. The lowest BCUT2D eigenvalue weighted by atomic mass is 9.95. The first-order chi connectivity index (χ1) is 14.4. The SMILES string of the molecule is O=C1CCc2cc(S(=O)(=O)NC[C@](O)(c3ccoc3)c3cccs3)cc3c2N1CC3. The number of aryl methyl sites for hydroxylation is 1. The highest BCUT2D eigenvalue weighted by Gasteiger charge is 2.37. The van der Waals surface area contributed by atoms with Crippen LogP contribution in [0.4, 0.5) is 5.69 Å². The quantitative estimate of drug-likeness (QED) is 0.608. The molecule has 1 aromatic carbocycles. The van der Waals surface area contributed by atoms with Gasteiger partial charge < -0.3 is 14.4 Å². The Kier molecular flexibility index (Phi) is 4.59. The zero-order valence-electron chi connectivity index (χ0n) is 16.0. The van der Waals surface area contributed by atoms with E-state index in [1.807, 2.05) is 5.38 Å². The third kappa shape index (κ3) is 3.09. The molecule has 4 heterocycles. The predicted octanol–water partition coefficient (Wildman–Crippen LogP) is 2.39. The maximum Gasteiger partial charge on any atom is 0.240 e. The number of nitrogens with zero attached hydrogens (tertiary/aromatic N) is 1. The van der Waals surface area contributed by atoms with Crippen molar-refractivity contribution < 1.29 is 22.7 Å². The maximum absolute atomic E-state index is 13.1. The second-order valence-corrected chi connectivity index (χ2v) is 10.3. The Labute approximate surface area is 178 Å². The van der Waals surface area contributed by atoms with E-state index in [9.17, 15) is 18.3 Å². The van der Waals surface area contributed by atoms with E-state index in [1.54, 1.807) is 35.2 Å². The summed E-state index contributed by atoms with van der Waals surface area (Å²) in [5.74, 6) is 0.0936. The Morgan fingerprint density at radius 3 is 2.70 bits per heavy atom. The highest BCUT2D eigenvalue weighted by atomic mass is 32.2. The summed E-state index contributed by atoms with van der Waals surface area (Å²) in [6, 6.07) is 8.48. The largest absolute Gasteiger partial charge is 0.472 e. The van der Waals surface area contributed by atoms with Gasteiger partial charge in [0.1, 0.15) is 5.60 Å². The number of aliphatic hydroxyl groups is 1. The van der Waals surface area contributed by atoms with E-state index in [1.165, 1.54) is 23.9 Å². The highest BCUT2D eigenvalue weighted by molar-refractivity contribution is 7.89. The normalized spacial score (nSPS) is 17.8. The van der Waals surface area contributed by atoms with Crippen molar-refractivity contribution in [3.8, 4) is 0 Å². The molecule has 30 heavy (non-hydrogen) atoms. The van der Waals surface area contributed by atoms with E-state index in [2.05, 4.69) is 4.72 Å². The lowest BCUT2D eigenvalue weighted by molar-refractivity contribution is -0.118. The number of furan rings is 1. The zero-order chi connectivity index (χ0) is 20.9. The van der Waals surface area contributed by atoms with Gasteiger partial charge in [0.25, 0.3) is 0 Å². The van der Waals surface area contributed by atoms with Gasteiger partial charge in [0.05, 0.1) is 23.1 Å². The molecule has 0 bridgehead atoms. The molecule has 5 rings (SSSR count). The third-order valence-electron chi connectivity index (χ3n) is 5.78. The molecule has 2 N–H and O–H groups in total. The Hall–Kier alpha value is -2.46. The number of amides is 1. The van der Waals surface area contributed by atoms with Crippen molar-refractivity contribution in [3.05, 3.63) is 69.8 Å². The average Bonchev–Trinajstić information content (AvgIpc) is 3.50. The summed E-state index contributed by atoms with van der Waals surface area (Å²) in [6.45, 7) is 0.364. The molecule has 0 saturated heterocycles. The lowest BCUT2D eigenvalue weighted by Gasteiger charge is -2.27. The first-order valence-corrected chi connectivity index (χ1v) is 12.0. The smallest absolute Gasteiger partial charge is 0.240 e. The minimum Gasteiger partial charge on any atom is -0.472 e. The predicted molar refractivity (Wildman–Crippen MR) is 112 cm³/mol. The van der Waals surface area contributed by atoms with Gasteiger partial charge in [-0.1, -0.05) is 6.07 Å². The summed E-state index contributed by atoms with van der Waals surface area (Å²) < 4.78 is 34.0. The fourth-order valence-corrected chi connectivity index (χ4v) is 6.22. The summed E-state index contributed by atoms with van der Waals surface area (Å²) in [5.41, 5.74) is 1.57. The van der Waals surface area contributed by atoms with Crippen LogP contribution in [0.15, 0.2) is 57.6 Å². The van der Waals surface area contributed by atoms with E-state index in [-0.39, 0.29) is 17.3 Å².